The van der Waals surface area contributed by atoms with Crippen LogP contribution in [0.15, 0.2) is 30.3 Å². The lowest BCUT2D eigenvalue weighted by molar-refractivity contribution is -0.129. The van der Waals surface area contributed by atoms with Gasteiger partial charge < -0.3 is 4.90 Å². The summed E-state index contributed by atoms with van der Waals surface area (Å²) in [6.07, 6.45) is -0.568. The number of rotatable bonds is 3. The van der Waals surface area contributed by atoms with Crippen LogP contribution in [0.1, 0.15) is 31.9 Å². The van der Waals surface area contributed by atoms with Crippen molar-refractivity contribution in [3.8, 4) is 0 Å². The highest BCUT2D eigenvalue weighted by Gasteiger charge is 2.35. The fourth-order valence-corrected chi connectivity index (χ4v) is 2.35. The van der Waals surface area contributed by atoms with Gasteiger partial charge in [0.05, 0.1) is 6.04 Å². The van der Waals surface area contributed by atoms with E-state index in [0.717, 1.165) is 5.56 Å². The Kier molecular flexibility index (Phi) is 3.46. The zero-order chi connectivity index (χ0) is 12.4. The van der Waals surface area contributed by atoms with Crippen molar-refractivity contribution < 1.29 is 9.18 Å². The summed E-state index contributed by atoms with van der Waals surface area (Å²) in [5, 5.41) is 0. The molecule has 0 saturated carbocycles. The molecule has 1 aromatic rings. The van der Waals surface area contributed by atoms with Crippen LogP contribution in [0.25, 0.3) is 0 Å². The maximum Gasteiger partial charge on any atom is 0.223 e. The molecule has 2 rings (SSSR count). The van der Waals surface area contributed by atoms with Crippen molar-refractivity contribution in [2.45, 2.75) is 32.5 Å². The number of nitrogens with zero attached hydrogens (tertiary/aromatic N) is 1. The number of likely N-dealkylation sites (tertiary alicyclic amines) is 1. The smallest absolute Gasteiger partial charge is 0.223 e. The molecule has 2 nitrogen and oxygen atoms in total. The summed E-state index contributed by atoms with van der Waals surface area (Å²) in [6, 6.07) is 9.92. The van der Waals surface area contributed by atoms with Crippen molar-refractivity contribution in [2.24, 2.45) is 5.92 Å². The van der Waals surface area contributed by atoms with Crippen LogP contribution in [-0.4, -0.2) is 23.5 Å². The fourth-order valence-electron chi connectivity index (χ4n) is 2.35. The Morgan fingerprint density at radius 1 is 1.29 bits per heavy atom. The van der Waals surface area contributed by atoms with Crippen LogP contribution < -0.4 is 0 Å². The van der Waals surface area contributed by atoms with Crippen LogP contribution in [0.5, 0.6) is 0 Å². The number of carbonyl (C=O) groups is 1. The fraction of sp³-hybridized carbons (Fsp3) is 0.500. The number of hydrogen-bond donors (Lipinski definition) is 0. The Balaban J connectivity index is 2.11. The minimum absolute atomic E-state index is 0.0347. The van der Waals surface area contributed by atoms with E-state index in [4.69, 9.17) is 0 Å². The maximum absolute atomic E-state index is 13.2. The minimum Gasteiger partial charge on any atom is -0.336 e. The second-order valence-corrected chi connectivity index (χ2v) is 4.77. The highest BCUT2D eigenvalue weighted by molar-refractivity contribution is 5.79. The van der Waals surface area contributed by atoms with Crippen LogP contribution >= 0.6 is 0 Å². The number of alkyl halides is 1. The Bertz CT molecular complexity index is 390. The SMILES string of the molecule is CC(F)C1CC(=O)N([C@H](C)c2ccccc2)C1. The summed E-state index contributed by atoms with van der Waals surface area (Å²) in [5.74, 6) is -0.0792. The van der Waals surface area contributed by atoms with Crippen molar-refractivity contribution in [3.63, 3.8) is 0 Å². The van der Waals surface area contributed by atoms with Crippen LogP contribution in [0, 0.1) is 5.92 Å². The molecule has 0 bridgehead atoms. The predicted octanol–water partition coefficient (Wildman–Crippen LogP) is 2.95. The van der Waals surface area contributed by atoms with Gasteiger partial charge in [-0.25, -0.2) is 4.39 Å². The molecule has 0 radical (unpaired) electrons. The van der Waals surface area contributed by atoms with Crippen molar-refractivity contribution in [2.75, 3.05) is 6.54 Å². The van der Waals surface area contributed by atoms with Gasteiger partial charge in [0.2, 0.25) is 5.91 Å². The van der Waals surface area contributed by atoms with E-state index >= 15 is 0 Å². The molecule has 1 aromatic carbocycles. The quantitative estimate of drug-likeness (QED) is 0.788. The predicted molar refractivity (Wildman–Crippen MR) is 65.2 cm³/mol. The van der Waals surface area contributed by atoms with Gasteiger partial charge in [-0.15, -0.1) is 0 Å². The normalized spacial score (nSPS) is 23.8. The van der Waals surface area contributed by atoms with Crippen LogP contribution in [-0.2, 0) is 4.79 Å². The summed E-state index contributed by atoms with van der Waals surface area (Å²) in [6.45, 7) is 4.07. The third-order valence-electron chi connectivity index (χ3n) is 3.59. The Morgan fingerprint density at radius 3 is 2.47 bits per heavy atom. The molecule has 1 amide bonds. The molecule has 1 fully saturated rings. The molecule has 17 heavy (non-hydrogen) atoms. The number of amides is 1. The highest BCUT2D eigenvalue weighted by Crippen LogP contribution is 2.30. The van der Waals surface area contributed by atoms with Crippen LogP contribution in [0.4, 0.5) is 4.39 Å². The maximum atomic E-state index is 13.2. The van der Waals surface area contributed by atoms with E-state index in [2.05, 4.69) is 0 Å². The third kappa shape index (κ3) is 2.48. The Morgan fingerprint density at radius 2 is 1.94 bits per heavy atom. The molecule has 0 spiro atoms. The molecular weight excluding hydrogens is 217 g/mol. The lowest BCUT2D eigenvalue weighted by Gasteiger charge is -2.25. The monoisotopic (exact) mass is 235 g/mol. The first-order chi connectivity index (χ1) is 8.09. The first-order valence-electron chi connectivity index (χ1n) is 6.08. The van der Waals surface area contributed by atoms with E-state index in [1.807, 2.05) is 37.3 Å². The largest absolute Gasteiger partial charge is 0.336 e. The summed E-state index contributed by atoms with van der Waals surface area (Å²) in [7, 11) is 0. The topological polar surface area (TPSA) is 20.3 Å². The van der Waals surface area contributed by atoms with Gasteiger partial charge in [0.1, 0.15) is 6.17 Å². The number of hydrogen-bond acceptors (Lipinski definition) is 1. The average molecular weight is 235 g/mol. The summed E-state index contributed by atoms with van der Waals surface area (Å²) in [5.41, 5.74) is 1.10. The van der Waals surface area contributed by atoms with E-state index in [1.54, 1.807) is 4.90 Å². The average Bonchev–Trinajstić information content (AvgIpc) is 2.72. The molecule has 0 aliphatic carbocycles. The molecular formula is C14H18FNO. The molecule has 2 unspecified atom stereocenters. The lowest BCUT2D eigenvalue weighted by atomic mass is 10.0. The van der Waals surface area contributed by atoms with Gasteiger partial charge >= 0.3 is 0 Å². The number of carbonyl (C=O) groups excluding carboxylic acids is 1. The van der Waals surface area contributed by atoms with Gasteiger partial charge in [-0.3, -0.25) is 4.79 Å². The van der Waals surface area contributed by atoms with Crippen molar-refractivity contribution >= 4 is 5.91 Å². The molecule has 3 heteroatoms. The van der Waals surface area contributed by atoms with Gasteiger partial charge in [0.25, 0.3) is 0 Å². The standard InChI is InChI=1S/C14H18FNO/c1-10(15)13-8-14(17)16(9-13)11(2)12-6-4-3-5-7-12/h3-7,10-11,13H,8-9H2,1-2H3/t10?,11-,13?/m1/s1. The van der Waals surface area contributed by atoms with Gasteiger partial charge in [0, 0.05) is 18.9 Å². The Labute approximate surface area is 101 Å². The highest BCUT2D eigenvalue weighted by atomic mass is 19.1. The van der Waals surface area contributed by atoms with Crippen molar-refractivity contribution in [1.29, 1.82) is 0 Å². The number of halogens is 1. The lowest BCUT2D eigenvalue weighted by Crippen LogP contribution is -2.29. The molecule has 1 aliphatic heterocycles. The molecule has 0 aromatic heterocycles. The van der Waals surface area contributed by atoms with E-state index in [0.29, 0.717) is 13.0 Å². The van der Waals surface area contributed by atoms with E-state index in [-0.39, 0.29) is 17.9 Å². The van der Waals surface area contributed by atoms with E-state index in [1.165, 1.54) is 6.92 Å². The van der Waals surface area contributed by atoms with Gasteiger partial charge in [0.15, 0.2) is 0 Å². The first kappa shape index (κ1) is 12.1. The second kappa shape index (κ2) is 4.86. The second-order valence-electron chi connectivity index (χ2n) is 4.77. The third-order valence-corrected chi connectivity index (χ3v) is 3.59. The van der Waals surface area contributed by atoms with Gasteiger partial charge in [-0.1, -0.05) is 30.3 Å². The van der Waals surface area contributed by atoms with E-state index in [9.17, 15) is 9.18 Å². The van der Waals surface area contributed by atoms with Crippen LogP contribution in [0.2, 0.25) is 0 Å². The zero-order valence-electron chi connectivity index (χ0n) is 10.3. The van der Waals surface area contributed by atoms with Gasteiger partial charge in [-0.05, 0) is 19.4 Å². The van der Waals surface area contributed by atoms with Gasteiger partial charge in [-0.2, -0.15) is 0 Å². The summed E-state index contributed by atoms with van der Waals surface area (Å²) >= 11 is 0. The molecule has 3 atom stereocenters. The summed E-state index contributed by atoms with van der Waals surface area (Å²) in [4.78, 5) is 13.7. The van der Waals surface area contributed by atoms with Crippen LogP contribution in [0.3, 0.4) is 0 Å². The molecule has 0 N–H and O–H groups in total. The summed E-state index contributed by atoms with van der Waals surface area (Å²) < 4.78 is 13.2. The molecule has 1 aliphatic rings. The molecule has 1 heterocycles. The van der Waals surface area contributed by atoms with Crippen molar-refractivity contribution in [3.05, 3.63) is 35.9 Å². The van der Waals surface area contributed by atoms with Crippen molar-refractivity contribution in [1.82, 2.24) is 4.90 Å². The van der Waals surface area contributed by atoms with E-state index < -0.39 is 6.17 Å². The number of benzene rings is 1. The zero-order valence-corrected chi connectivity index (χ0v) is 10.3. The Hall–Kier alpha value is -1.38. The minimum atomic E-state index is -0.910. The first-order valence-corrected chi connectivity index (χ1v) is 6.08. The molecule has 92 valence electrons. The molecule has 1 saturated heterocycles.